The van der Waals surface area contributed by atoms with Crippen LogP contribution in [0.4, 0.5) is 0 Å². The van der Waals surface area contributed by atoms with Crippen molar-refractivity contribution in [2.45, 2.75) is 110 Å². The number of amides is 1. The predicted octanol–water partition coefficient (Wildman–Crippen LogP) is 4.51. The molecule has 5 fully saturated rings. The third kappa shape index (κ3) is 4.83. The number of rotatable bonds is 7. The summed E-state index contributed by atoms with van der Waals surface area (Å²) in [7, 11) is 0. The van der Waals surface area contributed by atoms with Gasteiger partial charge in [0.15, 0.2) is 0 Å². The first kappa shape index (κ1) is 26.0. The lowest BCUT2D eigenvalue weighted by molar-refractivity contribution is -0.174. The van der Waals surface area contributed by atoms with Crippen molar-refractivity contribution >= 4 is 5.91 Å². The SMILES string of the molecule is C[C@H](CCC(=O)NCCC1CCNC1)[C@H]1CC[C@H]2[C@@H]3[C@@H](O)C[C@@H]4C[C@H](O)CC[C@]4(C)[C@H]3CC[C@]12C. The molecule has 35 heavy (non-hydrogen) atoms. The van der Waals surface area contributed by atoms with Crippen molar-refractivity contribution in [3.05, 3.63) is 0 Å². The maximum absolute atomic E-state index is 12.5. The Balaban J connectivity index is 1.17. The molecule has 0 aromatic heterocycles. The Morgan fingerprint density at radius 3 is 2.57 bits per heavy atom. The normalized spacial score (nSPS) is 48.0. The minimum absolute atomic E-state index is 0.167. The molecule has 5 aliphatic rings. The maximum Gasteiger partial charge on any atom is 0.220 e. The summed E-state index contributed by atoms with van der Waals surface area (Å²) in [6.07, 6.45) is 12.4. The smallest absolute Gasteiger partial charge is 0.220 e. The van der Waals surface area contributed by atoms with Crippen LogP contribution in [-0.4, -0.2) is 48.0 Å². The van der Waals surface area contributed by atoms with Gasteiger partial charge in [0.05, 0.1) is 12.2 Å². The zero-order valence-electron chi connectivity index (χ0n) is 22.6. The molecule has 1 amide bonds. The van der Waals surface area contributed by atoms with Crippen LogP contribution in [-0.2, 0) is 4.79 Å². The summed E-state index contributed by atoms with van der Waals surface area (Å²) < 4.78 is 0. The molecule has 5 heteroatoms. The molecule has 0 spiro atoms. The van der Waals surface area contributed by atoms with Crippen molar-refractivity contribution in [2.24, 2.45) is 52.3 Å². The zero-order valence-corrected chi connectivity index (χ0v) is 22.6. The van der Waals surface area contributed by atoms with Crippen LogP contribution in [0.3, 0.4) is 0 Å². The molecule has 5 nitrogen and oxygen atoms in total. The first-order chi connectivity index (χ1) is 16.7. The van der Waals surface area contributed by atoms with Gasteiger partial charge in [-0.3, -0.25) is 4.79 Å². The average molecular weight is 489 g/mol. The molecular formula is C30H52N2O3. The van der Waals surface area contributed by atoms with Gasteiger partial charge in [-0.15, -0.1) is 0 Å². The number of fused-ring (bicyclic) bond motifs is 5. The highest BCUT2D eigenvalue weighted by atomic mass is 16.3. The highest BCUT2D eigenvalue weighted by molar-refractivity contribution is 5.75. The second-order valence-electron chi connectivity index (χ2n) is 14.0. The maximum atomic E-state index is 12.5. The van der Waals surface area contributed by atoms with Crippen LogP contribution in [0, 0.1) is 52.3 Å². The molecule has 0 radical (unpaired) electrons. The zero-order chi connectivity index (χ0) is 24.8. The number of hydrogen-bond acceptors (Lipinski definition) is 4. The Morgan fingerprint density at radius 2 is 1.80 bits per heavy atom. The van der Waals surface area contributed by atoms with Crippen LogP contribution in [0.5, 0.6) is 0 Å². The lowest BCUT2D eigenvalue weighted by atomic mass is 9.43. The van der Waals surface area contributed by atoms with Crippen LogP contribution >= 0.6 is 0 Å². The molecule has 1 unspecified atom stereocenters. The molecule has 4 saturated carbocycles. The predicted molar refractivity (Wildman–Crippen MR) is 140 cm³/mol. The molecule has 11 atom stereocenters. The van der Waals surface area contributed by atoms with Crippen molar-refractivity contribution < 1.29 is 15.0 Å². The quantitative estimate of drug-likeness (QED) is 0.425. The molecule has 0 bridgehead atoms. The summed E-state index contributed by atoms with van der Waals surface area (Å²) in [5.74, 6) is 4.30. The highest BCUT2D eigenvalue weighted by Crippen LogP contribution is 2.68. The second-order valence-corrected chi connectivity index (χ2v) is 14.0. The Labute approximate surface area is 213 Å². The number of carbonyl (C=O) groups is 1. The average Bonchev–Trinajstić information content (AvgIpc) is 3.46. The van der Waals surface area contributed by atoms with Gasteiger partial charge in [0, 0.05) is 13.0 Å². The van der Waals surface area contributed by atoms with Gasteiger partial charge in [-0.1, -0.05) is 20.8 Å². The van der Waals surface area contributed by atoms with E-state index in [0.29, 0.717) is 52.8 Å². The molecular weight excluding hydrogens is 436 g/mol. The van der Waals surface area contributed by atoms with E-state index < -0.39 is 0 Å². The lowest BCUT2D eigenvalue weighted by Gasteiger charge is -2.62. The van der Waals surface area contributed by atoms with Gasteiger partial charge < -0.3 is 20.8 Å². The van der Waals surface area contributed by atoms with Crippen LogP contribution in [0.1, 0.15) is 97.8 Å². The first-order valence-electron chi connectivity index (χ1n) is 15.1. The first-order valence-corrected chi connectivity index (χ1v) is 15.1. The number of aliphatic hydroxyl groups is 2. The topological polar surface area (TPSA) is 81.6 Å². The fourth-order valence-electron chi connectivity index (χ4n) is 10.2. The molecule has 1 heterocycles. The van der Waals surface area contributed by atoms with E-state index in [2.05, 4.69) is 31.4 Å². The van der Waals surface area contributed by atoms with Crippen molar-refractivity contribution in [3.8, 4) is 0 Å². The second kappa shape index (κ2) is 10.3. The van der Waals surface area contributed by atoms with E-state index in [4.69, 9.17) is 0 Å². The Morgan fingerprint density at radius 1 is 1.03 bits per heavy atom. The van der Waals surface area contributed by atoms with E-state index in [0.717, 1.165) is 64.1 Å². The van der Waals surface area contributed by atoms with Gasteiger partial charge in [0.25, 0.3) is 0 Å². The van der Waals surface area contributed by atoms with Crippen molar-refractivity contribution in [1.29, 1.82) is 0 Å². The Bertz CT molecular complexity index is 754. The van der Waals surface area contributed by atoms with E-state index in [-0.39, 0.29) is 18.1 Å². The summed E-state index contributed by atoms with van der Waals surface area (Å²) in [5, 5.41) is 28.3. The Hall–Kier alpha value is -0.650. The molecule has 5 rings (SSSR count). The fraction of sp³-hybridized carbons (Fsp3) is 0.967. The third-order valence-corrected chi connectivity index (χ3v) is 12.3. The van der Waals surface area contributed by atoms with Crippen LogP contribution < -0.4 is 10.6 Å². The molecule has 1 saturated heterocycles. The minimum Gasteiger partial charge on any atom is -0.393 e. The summed E-state index contributed by atoms with van der Waals surface area (Å²) in [6.45, 7) is 10.5. The van der Waals surface area contributed by atoms with Gasteiger partial charge in [-0.2, -0.15) is 0 Å². The van der Waals surface area contributed by atoms with Crippen molar-refractivity contribution in [2.75, 3.05) is 19.6 Å². The van der Waals surface area contributed by atoms with E-state index in [1.165, 1.54) is 32.1 Å². The number of hydrogen-bond donors (Lipinski definition) is 4. The van der Waals surface area contributed by atoms with Gasteiger partial charge in [0.2, 0.25) is 5.91 Å². The monoisotopic (exact) mass is 488 g/mol. The molecule has 200 valence electrons. The van der Waals surface area contributed by atoms with Crippen LogP contribution in [0.15, 0.2) is 0 Å². The van der Waals surface area contributed by atoms with Gasteiger partial charge >= 0.3 is 0 Å². The van der Waals surface area contributed by atoms with E-state index in [1.54, 1.807) is 0 Å². The van der Waals surface area contributed by atoms with E-state index in [9.17, 15) is 15.0 Å². The van der Waals surface area contributed by atoms with Crippen LogP contribution in [0.2, 0.25) is 0 Å². The fourth-order valence-corrected chi connectivity index (χ4v) is 10.2. The highest BCUT2D eigenvalue weighted by Gasteiger charge is 2.62. The molecule has 0 aromatic carbocycles. The Kier molecular flexibility index (Phi) is 7.61. The lowest BCUT2D eigenvalue weighted by Crippen LogP contribution is -2.58. The van der Waals surface area contributed by atoms with E-state index in [1.807, 2.05) is 0 Å². The standard InChI is InChI=1S/C30H52N2O3/c1-19(4-7-27(35)32-15-11-20-10-14-31-18-20)23-5-6-24-28-25(9-13-30(23,24)3)29(2)12-8-22(33)16-21(29)17-26(28)34/h19-26,28,31,33-34H,4-18H2,1-3H3,(H,32,35)/t19-,20?,21+,22-,23-,24+,25+,26+,28+,29+,30-/m1/s1. The van der Waals surface area contributed by atoms with Crippen molar-refractivity contribution in [1.82, 2.24) is 10.6 Å². The molecule has 1 aliphatic heterocycles. The van der Waals surface area contributed by atoms with Crippen molar-refractivity contribution in [3.63, 3.8) is 0 Å². The summed E-state index contributed by atoms with van der Waals surface area (Å²) >= 11 is 0. The molecule has 4 aliphatic carbocycles. The van der Waals surface area contributed by atoms with Gasteiger partial charge in [-0.05, 0) is 136 Å². The number of nitrogens with one attached hydrogen (secondary N) is 2. The summed E-state index contributed by atoms with van der Waals surface area (Å²) in [6, 6.07) is 0. The molecule has 0 aromatic rings. The van der Waals surface area contributed by atoms with Gasteiger partial charge in [0.1, 0.15) is 0 Å². The minimum atomic E-state index is -0.206. The summed E-state index contributed by atoms with van der Waals surface area (Å²) in [5.41, 5.74) is 0.589. The van der Waals surface area contributed by atoms with E-state index >= 15 is 0 Å². The third-order valence-electron chi connectivity index (χ3n) is 12.3. The van der Waals surface area contributed by atoms with Gasteiger partial charge in [-0.25, -0.2) is 0 Å². The molecule has 4 N–H and O–H groups in total. The van der Waals surface area contributed by atoms with Crippen LogP contribution in [0.25, 0.3) is 0 Å². The largest absolute Gasteiger partial charge is 0.393 e. The summed E-state index contributed by atoms with van der Waals surface area (Å²) in [4.78, 5) is 12.5. The number of aliphatic hydroxyl groups excluding tert-OH is 2. The number of carbonyl (C=O) groups excluding carboxylic acids is 1.